The minimum absolute atomic E-state index is 0.287. The smallest absolute Gasteiger partial charge is 0.131 e. The van der Waals surface area contributed by atoms with Crippen LogP contribution in [0.5, 0.6) is 0 Å². The van der Waals surface area contributed by atoms with E-state index in [4.69, 9.17) is 5.73 Å². The Morgan fingerprint density at radius 3 is 2.56 bits per heavy atom. The van der Waals surface area contributed by atoms with Gasteiger partial charge in [0.2, 0.25) is 0 Å². The Morgan fingerprint density at radius 1 is 1.33 bits per heavy atom. The van der Waals surface area contributed by atoms with Crippen LogP contribution in [0.3, 0.4) is 0 Å². The van der Waals surface area contributed by atoms with Gasteiger partial charge in [0.25, 0.3) is 0 Å². The molecule has 2 N–H and O–H groups in total. The molecule has 0 radical (unpaired) electrons. The number of pyridine rings is 1. The number of hydrogen-bond donors (Lipinski definition) is 1. The van der Waals surface area contributed by atoms with Crippen LogP contribution in [0.15, 0.2) is 23.9 Å². The van der Waals surface area contributed by atoms with Crippen LogP contribution >= 0.6 is 0 Å². The summed E-state index contributed by atoms with van der Waals surface area (Å²) in [6, 6.07) is 1.99. The zero-order chi connectivity index (χ0) is 13.3. The fourth-order valence-corrected chi connectivity index (χ4v) is 2.46. The summed E-state index contributed by atoms with van der Waals surface area (Å²) in [5, 5.41) is 0. The molecule has 18 heavy (non-hydrogen) atoms. The molecule has 0 saturated carbocycles. The van der Waals surface area contributed by atoms with Crippen LogP contribution < -0.4 is 10.6 Å². The van der Waals surface area contributed by atoms with E-state index in [0.717, 1.165) is 36.6 Å². The highest BCUT2D eigenvalue weighted by Crippen LogP contribution is 2.31. The molecular formula is C15H23N3. The molecule has 0 saturated heterocycles. The van der Waals surface area contributed by atoms with E-state index in [-0.39, 0.29) is 5.41 Å². The Bertz CT molecular complexity index is 469. The number of rotatable bonds is 1. The molecule has 0 unspecified atom stereocenters. The highest BCUT2D eigenvalue weighted by Gasteiger charge is 2.22. The lowest BCUT2D eigenvalue weighted by Gasteiger charge is -2.33. The second kappa shape index (κ2) is 4.63. The molecule has 2 heterocycles. The predicted molar refractivity (Wildman–Crippen MR) is 77.8 cm³/mol. The van der Waals surface area contributed by atoms with Crippen molar-refractivity contribution in [1.29, 1.82) is 0 Å². The molecule has 0 bridgehead atoms. The Balaban J connectivity index is 2.17. The topological polar surface area (TPSA) is 42.1 Å². The van der Waals surface area contributed by atoms with E-state index in [1.54, 1.807) is 11.8 Å². The number of nitrogen functional groups attached to an aromatic ring is 1. The normalized spacial score (nSPS) is 16.7. The molecular weight excluding hydrogens is 222 g/mol. The van der Waals surface area contributed by atoms with Gasteiger partial charge < -0.3 is 10.6 Å². The predicted octanol–water partition coefficient (Wildman–Crippen LogP) is 3.15. The van der Waals surface area contributed by atoms with Crippen molar-refractivity contribution in [2.24, 2.45) is 5.41 Å². The summed E-state index contributed by atoms with van der Waals surface area (Å²) in [4.78, 5) is 6.78. The Kier molecular flexibility index (Phi) is 3.33. The van der Waals surface area contributed by atoms with E-state index in [2.05, 4.69) is 43.7 Å². The molecule has 98 valence electrons. The molecule has 2 rings (SSSR count). The van der Waals surface area contributed by atoms with Crippen LogP contribution in [0, 0.1) is 12.3 Å². The van der Waals surface area contributed by atoms with Gasteiger partial charge >= 0.3 is 0 Å². The zero-order valence-corrected chi connectivity index (χ0v) is 11.8. The van der Waals surface area contributed by atoms with Crippen LogP contribution in [-0.4, -0.2) is 18.1 Å². The maximum absolute atomic E-state index is 5.74. The highest BCUT2D eigenvalue weighted by atomic mass is 15.2. The Labute approximate surface area is 110 Å². The molecule has 1 aromatic rings. The summed E-state index contributed by atoms with van der Waals surface area (Å²) in [6.07, 6.45) is 5.21. The van der Waals surface area contributed by atoms with Gasteiger partial charge in [-0.05, 0) is 30.4 Å². The van der Waals surface area contributed by atoms with Crippen molar-refractivity contribution in [2.45, 2.75) is 34.1 Å². The van der Waals surface area contributed by atoms with Gasteiger partial charge in [-0.2, -0.15) is 0 Å². The number of aryl methyl sites for hydroxylation is 1. The minimum atomic E-state index is 0.287. The van der Waals surface area contributed by atoms with E-state index >= 15 is 0 Å². The molecule has 1 aliphatic heterocycles. The molecule has 0 fully saturated rings. The first-order valence-electron chi connectivity index (χ1n) is 6.54. The van der Waals surface area contributed by atoms with Crippen LogP contribution in [0.2, 0.25) is 0 Å². The average molecular weight is 245 g/mol. The monoisotopic (exact) mass is 245 g/mol. The van der Waals surface area contributed by atoms with E-state index < -0.39 is 0 Å². The Morgan fingerprint density at radius 2 is 2.06 bits per heavy atom. The van der Waals surface area contributed by atoms with Crippen molar-refractivity contribution in [1.82, 2.24) is 4.98 Å². The first kappa shape index (κ1) is 12.9. The number of hydrogen-bond acceptors (Lipinski definition) is 3. The Hall–Kier alpha value is -1.51. The lowest BCUT2D eigenvalue weighted by molar-refractivity contribution is 0.472. The number of nitrogens with two attached hydrogens (primary N) is 1. The summed E-state index contributed by atoms with van der Waals surface area (Å²) < 4.78 is 0. The largest absolute Gasteiger partial charge is 0.397 e. The van der Waals surface area contributed by atoms with Gasteiger partial charge in [-0.3, -0.25) is 0 Å². The number of aromatic nitrogens is 1. The third-order valence-corrected chi connectivity index (χ3v) is 3.54. The van der Waals surface area contributed by atoms with E-state index in [1.165, 1.54) is 0 Å². The van der Waals surface area contributed by atoms with Crippen molar-refractivity contribution >= 4 is 11.5 Å². The van der Waals surface area contributed by atoms with Gasteiger partial charge in [-0.1, -0.05) is 32.4 Å². The van der Waals surface area contributed by atoms with Crippen molar-refractivity contribution in [3.8, 4) is 0 Å². The van der Waals surface area contributed by atoms with Crippen LogP contribution in [0.4, 0.5) is 11.5 Å². The standard InChI is InChI=1S/C15H23N3/c1-11-9-13(16)10-17-14(11)18-7-5-12(6-8-18)15(2,3)4/h5,9-10H,6-8,16H2,1-4H3. The molecule has 3 heteroatoms. The highest BCUT2D eigenvalue weighted by molar-refractivity contribution is 5.53. The van der Waals surface area contributed by atoms with Crippen molar-refractivity contribution in [3.63, 3.8) is 0 Å². The van der Waals surface area contributed by atoms with E-state index in [9.17, 15) is 0 Å². The molecule has 1 aliphatic rings. The molecule has 0 aromatic carbocycles. The molecule has 0 aliphatic carbocycles. The van der Waals surface area contributed by atoms with Crippen molar-refractivity contribution in [2.75, 3.05) is 23.7 Å². The lowest BCUT2D eigenvalue weighted by Crippen LogP contribution is -2.32. The maximum atomic E-state index is 5.74. The summed E-state index contributed by atoms with van der Waals surface area (Å²) in [6.45, 7) is 10.9. The van der Waals surface area contributed by atoms with E-state index in [0.29, 0.717) is 0 Å². The van der Waals surface area contributed by atoms with Gasteiger partial charge in [0.1, 0.15) is 5.82 Å². The number of anilines is 2. The third kappa shape index (κ3) is 2.66. The SMILES string of the molecule is Cc1cc(N)cnc1N1CC=C(C(C)(C)C)CC1. The summed E-state index contributed by atoms with van der Waals surface area (Å²) in [7, 11) is 0. The molecule has 1 aromatic heterocycles. The number of nitrogens with zero attached hydrogens (tertiary/aromatic N) is 2. The fourth-order valence-electron chi connectivity index (χ4n) is 2.46. The van der Waals surface area contributed by atoms with Gasteiger partial charge in [-0.25, -0.2) is 4.98 Å². The maximum Gasteiger partial charge on any atom is 0.131 e. The molecule has 3 nitrogen and oxygen atoms in total. The van der Waals surface area contributed by atoms with Gasteiger partial charge in [-0.15, -0.1) is 0 Å². The van der Waals surface area contributed by atoms with Crippen LogP contribution in [0.1, 0.15) is 32.8 Å². The zero-order valence-electron chi connectivity index (χ0n) is 11.8. The van der Waals surface area contributed by atoms with Gasteiger partial charge in [0.05, 0.1) is 11.9 Å². The van der Waals surface area contributed by atoms with Crippen molar-refractivity contribution in [3.05, 3.63) is 29.5 Å². The first-order valence-corrected chi connectivity index (χ1v) is 6.54. The van der Waals surface area contributed by atoms with Gasteiger partial charge in [0.15, 0.2) is 0 Å². The third-order valence-electron chi connectivity index (χ3n) is 3.54. The van der Waals surface area contributed by atoms with E-state index in [1.807, 2.05) is 6.07 Å². The second-order valence-corrected chi connectivity index (χ2v) is 6.08. The lowest BCUT2D eigenvalue weighted by atomic mass is 9.83. The average Bonchev–Trinajstić information content (AvgIpc) is 2.28. The summed E-state index contributed by atoms with van der Waals surface area (Å²) >= 11 is 0. The van der Waals surface area contributed by atoms with Gasteiger partial charge in [0, 0.05) is 13.1 Å². The summed E-state index contributed by atoms with van der Waals surface area (Å²) in [5.74, 6) is 1.06. The van der Waals surface area contributed by atoms with Crippen LogP contribution in [-0.2, 0) is 0 Å². The molecule has 0 atom stereocenters. The second-order valence-electron chi connectivity index (χ2n) is 6.08. The quantitative estimate of drug-likeness (QED) is 0.773. The minimum Gasteiger partial charge on any atom is -0.397 e. The fraction of sp³-hybridized carbons (Fsp3) is 0.533. The molecule has 0 amide bonds. The van der Waals surface area contributed by atoms with Crippen molar-refractivity contribution < 1.29 is 0 Å². The molecule has 0 spiro atoms. The first-order chi connectivity index (χ1) is 8.38. The van der Waals surface area contributed by atoms with Crippen LogP contribution in [0.25, 0.3) is 0 Å². The summed E-state index contributed by atoms with van der Waals surface area (Å²) in [5.41, 5.74) is 9.47.